The van der Waals surface area contributed by atoms with Gasteiger partial charge in [-0.05, 0) is 84.1 Å². The summed E-state index contributed by atoms with van der Waals surface area (Å²) in [4.78, 5) is 11.3. The average Bonchev–Trinajstić information content (AvgIpc) is 2.85. The fourth-order valence-corrected chi connectivity index (χ4v) is 5.68. The van der Waals surface area contributed by atoms with Gasteiger partial charge in [0.1, 0.15) is 5.75 Å². The van der Waals surface area contributed by atoms with Gasteiger partial charge in [0, 0.05) is 0 Å². The topological polar surface area (TPSA) is 55.8 Å². The number of hydrogen-bond acceptors (Lipinski definition) is 4. The number of carbonyl (C=O) groups excluding carboxylic acids is 1. The Morgan fingerprint density at radius 2 is 2.16 bits per heavy atom. The summed E-state index contributed by atoms with van der Waals surface area (Å²) >= 11 is 0. The molecule has 0 amide bonds. The lowest BCUT2D eigenvalue weighted by atomic mass is 9.55. The van der Waals surface area contributed by atoms with Crippen LogP contribution in [0, 0.1) is 17.3 Å². The molecule has 3 aliphatic rings. The highest BCUT2D eigenvalue weighted by Gasteiger charge is 2.54. The number of methoxy groups -OCH3 is 1. The number of aryl methyl sites for hydroxylation is 1. The molecule has 0 heterocycles. The second-order valence-electron chi connectivity index (χ2n) is 8.07. The van der Waals surface area contributed by atoms with Crippen molar-refractivity contribution >= 4 is 6.16 Å². The lowest BCUT2D eigenvalue weighted by Crippen LogP contribution is -2.40. The van der Waals surface area contributed by atoms with Crippen LogP contribution in [0.5, 0.6) is 5.75 Å². The Kier molecular flexibility index (Phi) is 3.91. The van der Waals surface area contributed by atoms with Gasteiger partial charge >= 0.3 is 6.16 Å². The molecule has 25 heavy (non-hydrogen) atoms. The van der Waals surface area contributed by atoms with Crippen LogP contribution in [-0.4, -0.2) is 24.5 Å². The summed E-state index contributed by atoms with van der Waals surface area (Å²) in [6.45, 7) is 6.51. The van der Waals surface area contributed by atoms with Crippen molar-refractivity contribution in [2.24, 2.45) is 17.3 Å². The van der Waals surface area contributed by atoms with E-state index in [0.29, 0.717) is 23.5 Å². The first-order valence-corrected chi connectivity index (χ1v) is 9.20. The third-order valence-corrected chi connectivity index (χ3v) is 7.07. The van der Waals surface area contributed by atoms with E-state index in [9.17, 15) is 9.90 Å². The zero-order valence-electron chi connectivity index (χ0n) is 15.0. The van der Waals surface area contributed by atoms with Crippen LogP contribution in [0.15, 0.2) is 30.4 Å². The summed E-state index contributed by atoms with van der Waals surface area (Å²) in [5, 5.41) is 10.4. The molecular formula is C21H26O4. The quantitative estimate of drug-likeness (QED) is 0.472. The summed E-state index contributed by atoms with van der Waals surface area (Å²) < 4.78 is 9.74. The Balaban J connectivity index is 1.62. The van der Waals surface area contributed by atoms with Gasteiger partial charge in [-0.3, -0.25) is 0 Å². The number of hydrogen-bond donors (Lipinski definition) is 1. The van der Waals surface area contributed by atoms with Crippen molar-refractivity contribution in [3.63, 3.8) is 0 Å². The van der Waals surface area contributed by atoms with E-state index in [1.54, 1.807) is 0 Å². The molecule has 0 radical (unpaired) electrons. The van der Waals surface area contributed by atoms with Crippen LogP contribution < -0.4 is 4.74 Å². The zero-order chi connectivity index (χ0) is 17.8. The lowest BCUT2D eigenvalue weighted by Gasteiger charge is -2.49. The summed E-state index contributed by atoms with van der Waals surface area (Å²) in [6, 6.07) is 5.97. The summed E-state index contributed by atoms with van der Waals surface area (Å²) in [5.41, 5.74) is 3.81. The molecule has 134 valence electrons. The second kappa shape index (κ2) is 5.87. The molecule has 2 saturated carbocycles. The first-order valence-electron chi connectivity index (χ1n) is 9.20. The van der Waals surface area contributed by atoms with Crippen molar-refractivity contribution in [1.82, 2.24) is 0 Å². The van der Waals surface area contributed by atoms with Gasteiger partial charge in [0.2, 0.25) is 0 Å². The number of aliphatic hydroxyl groups excluding tert-OH is 1. The number of ether oxygens (including phenoxy) is 2. The van der Waals surface area contributed by atoms with Gasteiger partial charge in [0.05, 0.1) is 13.2 Å². The predicted molar refractivity (Wildman–Crippen MR) is 94.6 cm³/mol. The van der Waals surface area contributed by atoms with E-state index < -0.39 is 6.16 Å². The van der Waals surface area contributed by atoms with Crippen molar-refractivity contribution in [3.8, 4) is 5.75 Å². The minimum absolute atomic E-state index is 0.0893. The number of rotatable bonds is 1. The van der Waals surface area contributed by atoms with Crippen LogP contribution in [0.25, 0.3) is 0 Å². The van der Waals surface area contributed by atoms with Crippen LogP contribution in [0.2, 0.25) is 0 Å². The maximum atomic E-state index is 11.3. The fourth-order valence-electron chi connectivity index (χ4n) is 5.68. The molecule has 3 aliphatic carbocycles. The van der Waals surface area contributed by atoms with Crippen LogP contribution in [0.1, 0.15) is 49.7 Å². The van der Waals surface area contributed by atoms with Gasteiger partial charge in [0.25, 0.3) is 0 Å². The molecule has 4 rings (SSSR count). The lowest BCUT2D eigenvalue weighted by molar-refractivity contribution is 0.0782. The Morgan fingerprint density at radius 3 is 2.92 bits per heavy atom. The molecular weight excluding hydrogens is 316 g/mol. The molecule has 0 aliphatic heterocycles. The van der Waals surface area contributed by atoms with Crippen LogP contribution in [-0.2, 0) is 11.2 Å². The molecule has 5 atom stereocenters. The van der Waals surface area contributed by atoms with Crippen molar-refractivity contribution in [2.45, 2.75) is 51.0 Å². The standard InChI is InChI=1S/C21H26O4/c1-12-19(22)11-18-17-6-4-13-10-14(25-20(23)24-3)5-7-15(13)16(17)8-9-21(12,18)2/h5,7,10,16-19,22H,1,4,6,8-9,11H2,2-3H3/t16-,17-,18+,19-,21-/m1/s1. The van der Waals surface area contributed by atoms with E-state index in [0.717, 1.165) is 37.7 Å². The fraction of sp³-hybridized carbons (Fsp3) is 0.571. The van der Waals surface area contributed by atoms with Crippen molar-refractivity contribution < 1.29 is 19.4 Å². The normalized spacial score (nSPS) is 36.2. The monoisotopic (exact) mass is 342 g/mol. The number of benzene rings is 1. The third-order valence-electron chi connectivity index (χ3n) is 7.07. The molecule has 0 saturated heterocycles. The van der Waals surface area contributed by atoms with E-state index >= 15 is 0 Å². The predicted octanol–water partition coefficient (Wildman–Crippen LogP) is 4.21. The van der Waals surface area contributed by atoms with Crippen molar-refractivity contribution in [1.29, 1.82) is 0 Å². The van der Waals surface area contributed by atoms with Crippen molar-refractivity contribution in [2.75, 3.05) is 7.11 Å². The maximum Gasteiger partial charge on any atom is 0.513 e. The maximum absolute atomic E-state index is 11.3. The Bertz CT molecular complexity index is 725. The number of carbonyl (C=O) groups is 1. The zero-order valence-corrected chi connectivity index (χ0v) is 15.0. The van der Waals surface area contributed by atoms with Gasteiger partial charge in [-0.1, -0.05) is 19.6 Å². The largest absolute Gasteiger partial charge is 0.513 e. The molecule has 0 spiro atoms. The molecule has 0 aromatic heterocycles. The molecule has 0 bridgehead atoms. The summed E-state index contributed by atoms with van der Waals surface area (Å²) in [7, 11) is 1.31. The molecule has 2 fully saturated rings. The Labute approximate surface area is 148 Å². The molecule has 4 heteroatoms. The first kappa shape index (κ1) is 16.6. The molecule has 1 N–H and O–H groups in total. The van der Waals surface area contributed by atoms with Crippen molar-refractivity contribution in [3.05, 3.63) is 41.5 Å². The van der Waals surface area contributed by atoms with Gasteiger partial charge in [-0.15, -0.1) is 0 Å². The highest BCUT2D eigenvalue weighted by Crippen LogP contribution is 2.62. The Morgan fingerprint density at radius 1 is 1.36 bits per heavy atom. The van der Waals surface area contributed by atoms with Gasteiger partial charge in [-0.25, -0.2) is 4.79 Å². The van der Waals surface area contributed by atoms with Crippen LogP contribution in [0.3, 0.4) is 0 Å². The Hall–Kier alpha value is -1.81. The highest BCUT2D eigenvalue weighted by molar-refractivity contribution is 5.63. The summed E-state index contributed by atoms with van der Waals surface area (Å²) in [6.07, 6.45) is 4.17. The third kappa shape index (κ3) is 2.50. The molecule has 1 aromatic rings. The molecule has 1 aromatic carbocycles. The average molecular weight is 342 g/mol. The smallest absolute Gasteiger partial charge is 0.437 e. The minimum atomic E-state index is -0.680. The highest BCUT2D eigenvalue weighted by atomic mass is 16.7. The molecule has 4 nitrogen and oxygen atoms in total. The van der Waals surface area contributed by atoms with Crippen LogP contribution >= 0.6 is 0 Å². The van der Waals surface area contributed by atoms with E-state index in [1.807, 2.05) is 12.1 Å². The van der Waals surface area contributed by atoms with Crippen LogP contribution in [0.4, 0.5) is 4.79 Å². The summed E-state index contributed by atoms with van der Waals surface area (Å²) in [5.74, 6) is 2.21. The van der Waals surface area contributed by atoms with Gasteiger partial charge in [0.15, 0.2) is 0 Å². The van der Waals surface area contributed by atoms with E-state index in [-0.39, 0.29) is 11.5 Å². The van der Waals surface area contributed by atoms with E-state index in [4.69, 9.17) is 4.74 Å². The number of fused-ring (bicyclic) bond motifs is 5. The van der Waals surface area contributed by atoms with E-state index in [2.05, 4.69) is 24.3 Å². The minimum Gasteiger partial charge on any atom is -0.437 e. The number of aliphatic hydroxyl groups is 1. The van der Waals surface area contributed by atoms with E-state index in [1.165, 1.54) is 18.2 Å². The SMILES string of the molecule is C=C1[C@H](O)C[C@H]2[C@@H]3CCc4cc(OC(=O)OC)ccc4[C@H]3CC[C@]12C. The second-order valence-corrected chi connectivity index (χ2v) is 8.07. The molecule has 0 unspecified atom stereocenters. The first-order chi connectivity index (χ1) is 11.9. The van der Waals surface area contributed by atoms with Gasteiger partial charge in [-0.2, -0.15) is 0 Å². The van der Waals surface area contributed by atoms with Gasteiger partial charge < -0.3 is 14.6 Å².